The Morgan fingerprint density at radius 2 is 2.16 bits per heavy atom. The Morgan fingerprint density at radius 1 is 1.47 bits per heavy atom. The second-order valence-electron chi connectivity index (χ2n) is 5.87. The number of hydrogen-bond acceptors (Lipinski definition) is 3. The van der Waals surface area contributed by atoms with Crippen molar-refractivity contribution < 1.29 is 4.79 Å². The molecule has 1 aliphatic heterocycles. The number of thiocarbonyl (C=S) groups is 1. The fraction of sp³-hybridized carbons (Fsp3) is 0.857. The summed E-state index contributed by atoms with van der Waals surface area (Å²) in [6.07, 6.45) is 2.47. The average molecular weight is 285 g/mol. The van der Waals surface area contributed by atoms with Crippen molar-refractivity contribution in [1.29, 1.82) is 0 Å². The number of nitrogens with two attached hydrogens (primary N) is 1. The minimum absolute atomic E-state index is 0.184. The molecule has 0 aromatic carbocycles. The molecule has 19 heavy (non-hydrogen) atoms. The summed E-state index contributed by atoms with van der Waals surface area (Å²) < 4.78 is 0. The smallest absolute Gasteiger partial charge is 0.223 e. The van der Waals surface area contributed by atoms with Gasteiger partial charge in [-0.1, -0.05) is 26.1 Å². The maximum atomic E-state index is 11.9. The quantitative estimate of drug-likeness (QED) is 0.720. The van der Waals surface area contributed by atoms with Crippen molar-refractivity contribution in [3.8, 4) is 0 Å². The summed E-state index contributed by atoms with van der Waals surface area (Å²) in [4.78, 5) is 16.6. The zero-order valence-electron chi connectivity index (χ0n) is 12.4. The van der Waals surface area contributed by atoms with Crippen molar-refractivity contribution in [2.45, 2.75) is 33.1 Å². The molecule has 4 nitrogen and oxygen atoms in total. The topological polar surface area (TPSA) is 49.6 Å². The number of rotatable bonds is 7. The van der Waals surface area contributed by atoms with Crippen LogP contribution < -0.4 is 5.73 Å². The fourth-order valence-electron chi connectivity index (χ4n) is 2.46. The molecule has 1 atom stereocenters. The molecule has 2 N–H and O–H groups in total. The van der Waals surface area contributed by atoms with E-state index in [1.165, 1.54) is 6.42 Å². The van der Waals surface area contributed by atoms with E-state index in [-0.39, 0.29) is 5.91 Å². The van der Waals surface area contributed by atoms with Crippen molar-refractivity contribution in [3.63, 3.8) is 0 Å². The van der Waals surface area contributed by atoms with Gasteiger partial charge in [0.15, 0.2) is 0 Å². The number of amides is 1. The van der Waals surface area contributed by atoms with E-state index in [0.717, 1.165) is 31.5 Å². The molecule has 5 heteroatoms. The van der Waals surface area contributed by atoms with Gasteiger partial charge in [0.2, 0.25) is 5.91 Å². The van der Waals surface area contributed by atoms with Gasteiger partial charge in [-0.15, -0.1) is 0 Å². The summed E-state index contributed by atoms with van der Waals surface area (Å²) in [5.74, 6) is 1.72. The van der Waals surface area contributed by atoms with Gasteiger partial charge in [-0.25, -0.2) is 0 Å². The zero-order chi connectivity index (χ0) is 14.4. The van der Waals surface area contributed by atoms with Crippen LogP contribution >= 0.6 is 12.2 Å². The largest absolute Gasteiger partial charge is 0.393 e. The first-order valence-corrected chi connectivity index (χ1v) is 7.55. The first-order valence-electron chi connectivity index (χ1n) is 7.14. The Kier molecular flexibility index (Phi) is 6.72. The van der Waals surface area contributed by atoms with Gasteiger partial charge in [0.1, 0.15) is 0 Å². The first-order chi connectivity index (χ1) is 8.90. The molecule has 1 amide bonds. The minimum atomic E-state index is 0.184. The minimum Gasteiger partial charge on any atom is -0.393 e. The monoisotopic (exact) mass is 285 g/mol. The Bertz CT molecular complexity index is 320. The van der Waals surface area contributed by atoms with E-state index in [0.29, 0.717) is 24.4 Å². The van der Waals surface area contributed by atoms with Gasteiger partial charge in [0.25, 0.3) is 0 Å². The molecule has 0 aromatic heterocycles. The number of carbonyl (C=O) groups is 1. The van der Waals surface area contributed by atoms with Gasteiger partial charge < -0.3 is 15.5 Å². The number of nitrogens with zero attached hydrogens (tertiary/aromatic N) is 2. The third kappa shape index (κ3) is 5.87. The summed E-state index contributed by atoms with van der Waals surface area (Å²) in [6.45, 7) is 8.34. The molecule has 0 radical (unpaired) electrons. The normalized spacial score (nSPS) is 19.9. The summed E-state index contributed by atoms with van der Waals surface area (Å²) in [5, 5.41) is 0. The van der Waals surface area contributed by atoms with Crippen molar-refractivity contribution in [2.75, 3.05) is 33.2 Å². The molecule has 1 fully saturated rings. The predicted octanol–water partition coefficient (Wildman–Crippen LogP) is 1.49. The predicted molar refractivity (Wildman–Crippen MR) is 83.0 cm³/mol. The standard InChI is InChI=1S/C14H27N3OS/c1-11(2)12-4-8-17(10-12)9-6-14(18)16(3)7-5-13(15)19/h11-12H,4-10H2,1-3H3,(H2,15,19). The van der Waals surface area contributed by atoms with Crippen LogP contribution in [0.15, 0.2) is 0 Å². The summed E-state index contributed by atoms with van der Waals surface area (Å²) in [5.41, 5.74) is 5.44. The number of hydrogen-bond donors (Lipinski definition) is 1. The van der Waals surface area contributed by atoms with Gasteiger partial charge in [0, 0.05) is 39.5 Å². The highest BCUT2D eigenvalue weighted by Crippen LogP contribution is 2.23. The summed E-state index contributed by atoms with van der Waals surface area (Å²) >= 11 is 4.82. The highest BCUT2D eigenvalue weighted by atomic mass is 32.1. The van der Waals surface area contributed by atoms with Crippen LogP contribution in [-0.2, 0) is 4.79 Å². The fourth-order valence-corrected chi connectivity index (χ4v) is 2.55. The molecule has 1 aliphatic rings. The average Bonchev–Trinajstić information content (AvgIpc) is 2.81. The second-order valence-corrected chi connectivity index (χ2v) is 6.40. The van der Waals surface area contributed by atoms with Crippen LogP contribution in [0.25, 0.3) is 0 Å². The van der Waals surface area contributed by atoms with Crippen LogP contribution in [0, 0.1) is 11.8 Å². The molecule has 0 aliphatic carbocycles. The Balaban J connectivity index is 2.21. The van der Waals surface area contributed by atoms with Crippen LogP contribution in [0.3, 0.4) is 0 Å². The van der Waals surface area contributed by atoms with E-state index in [1.807, 2.05) is 7.05 Å². The molecule has 1 rings (SSSR count). The van der Waals surface area contributed by atoms with Gasteiger partial charge in [-0.3, -0.25) is 4.79 Å². The van der Waals surface area contributed by atoms with Crippen LogP contribution in [-0.4, -0.2) is 53.9 Å². The first kappa shape index (κ1) is 16.4. The van der Waals surface area contributed by atoms with Crippen LogP contribution in [0.4, 0.5) is 0 Å². The third-order valence-corrected chi connectivity index (χ3v) is 4.22. The van der Waals surface area contributed by atoms with Gasteiger partial charge >= 0.3 is 0 Å². The molecule has 0 saturated carbocycles. The third-order valence-electron chi connectivity index (χ3n) is 4.01. The van der Waals surface area contributed by atoms with E-state index in [9.17, 15) is 4.79 Å². The highest BCUT2D eigenvalue weighted by molar-refractivity contribution is 7.80. The number of likely N-dealkylation sites (tertiary alicyclic amines) is 1. The van der Waals surface area contributed by atoms with Crippen LogP contribution in [0.2, 0.25) is 0 Å². The van der Waals surface area contributed by atoms with Crippen molar-refractivity contribution in [1.82, 2.24) is 9.80 Å². The van der Waals surface area contributed by atoms with E-state index in [4.69, 9.17) is 18.0 Å². The molecule has 1 saturated heterocycles. The zero-order valence-corrected chi connectivity index (χ0v) is 13.2. The van der Waals surface area contributed by atoms with E-state index in [2.05, 4.69) is 18.7 Å². The molecule has 0 spiro atoms. The van der Waals surface area contributed by atoms with E-state index >= 15 is 0 Å². The lowest BCUT2D eigenvalue weighted by atomic mass is 9.95. The molecular weight excluding hydrogens is 258 g/mol. The number of carbonyl (C=O) groups excluding carboxylic acids is 1. The van der Waals surface area contributed by atoms with Crippen molar-refractivity contribution in [2.24, 2.45) is 17.6 Å². The lowest BCUT2D eigenvalue weighted by Gasteiger charge is -2.20. The molecule has 1 heterocycles. The lowest BCUT2D eigenvalue weighted by molar-refractivity contribution is -0.130. The Morgan fingerprint density at radius 3 is 2.68 bits per heavy atom. The maximum absolute atomic E-state index is 11.9. The summed E-state index contributed by atoms with van der Waals surface area (Å²) in [6, 6.07) is 0. The Hall–Kier alpha value is -0.680. The molecular formula is C14H27N3OS. The van der Waals surface area contributed by atoms with Gasteiger partial charge in [-0.2, -0.15) is 0 Å². The van der Waals surface area contributed by atoms with Gasteiger partial charge in [-0.05, 0) is 24.8 Å². The maximum Gasteiger partial charge on any atom is 0.223 e. The van der Waals surface area contributed by atoms with Crippen molar-refractivity contribution >= 4 is 23.1 Å². The SMILES string of the molecule is CC(C)C1CCN(CCC(=O)N(C)CCC(N)=S)C1. The van der Waals surface area contributed by atoms with E-state index < -0.39 is 0 Å². The van der Waals surface area contributed by atoms with Crippen molar-refractivity contribution in [3.05, 3.63) is 0 Å². The van der Waals surface area contributed by atoms with Crippen LogP contribution in [0.5, 0.6) is 0 Å². The molecule has 110 valence electrons. The molecule has 0 bridgehead atoms. The van der Waals surface area contributed by atoms with Gasteiger partial charge in [0.05, 0.1) is 4.99 Å². The molecule has 1 unspecified atom stereocenters. The molecule has 0 aromatic rings. The second kappa shape index (κ2) is 7.80. The highest BCUT2D eigenvalue weighted by Gasteiger charge is 2.25. The van der Waals surface area contributed by atoms with E-state index in [1.54, 1.807) is 4.90 Å². The van der Waals surface area contributed by atoms with Crippen LogP contribution in [0.1, 0.15) is 33.1 Å². The summed E-state index contributed by atoms with van der Waals surface area (Å²) in [7, 11) is 1.82. The lowest BCUT2D eigenvalue weighted by Crippen LogP contribution is -2.33. The Labute approximate surface area is 122 Å².